The zero-order valence-corrected chi connectivity index (χ0v) is 21.4. The van der Waals surface area contributed by atoms with Gasteiger partial charge in [-0.1, -0.05) is 18.2 Å². The Balaban J connectivity index is 1.71. The number of H-pyrrole nitrogens is 1. The average Bonchev–Trinajstić information content (AvgIpc) is 3.52. The number of para-hydroxylation sites is 1. The van der Waals surface area contributed by atoms with Crippen molar-refractivity contribution in [3.63, 3.8) is 0 Å². The highest BCUT2D eigenvalue weighted by molar-refractivity contribution is 5.94. The number of aromatic nitrogens is 1. The second kappa shape index (κ2) is 12.9. The number of amides is 3. The highest BCUT2D eigenvalue weighted by Crippen LogP contribution is 2.22. The van der Waals surface area contributed by atoms with Gasteiger partial charge in [0.15, 0.2) is 5.96 Å². The van der Waals surface area contributed by atoms with Crippen LogP contribution in [-0.4, -0.2) is 81.9 Å². The molecule has 4 atom stereocenters. The molecule has 4 unspecified atom stereocenters. The molecule has 2 heterocycles. The Hall–Kier alpha value is -4.13. The maximum absolute atomic E-state index is 13.5. The van der Waals surface area contributed by atoms with Gasteiger partial charge in [-0.15, -0.1) is 0 Å². The van der Waals surface area contributed by atoms with Crippen LogP contribution in [0.25, 0.3) is 10.9 Å². The van der Waals surface area contributed by atoms with Crippen molar-refractivity contribution in [2.24, 2.45) is 22.2 Å². The fourth-order valence-corrected chi connectivity index (χ4v) is 4.56. The number of carbonyl (C=O) groups excluding carboxylic acids is 3. The number of fused-ring (bicyclic) bond motifs is 1. The monoisotopic (exact) mass is 528 g/mol. The number of carboxylic acid groups (broad SMARTS) is 1. The molecule has 0 aliphatic carbocycles. The van der Waals surface area contributed by atoms with Crippen LogP contribution in [0.15, 0.2) is 35.5 Å². The van der Waals surface area contributed by atoms with Crippen molar-refractivity contribution in [3.05, 3.63) is 36.0 Å². The first-order valence-electron chi connectivity index (χ1n) is 12.6. The molecule has 0 bridgehead atoms. The van der Waals surface area contributed by atoms with Crippen molar-refractivity contribution in [1.29, 1.82) is 0 Å². The Labute approximate surface area is 220 Å². The normalized spacial score (nSPS) is 17.4. The number of benzene rings is 1. The molecule has 1 fully saturated rings. The molecule has 1 aliphatic rings. The molecule has 13 heteroatoms. The molecule has 3 amide bonds. The third kappa shape index (κ3) is 7.22. The summed E-state index contributed by atoms with van der Waals surface area (Å²) in [6.07, 6.45) is 3.38. The number of carbonyl (C=O) groups is 4. The highest BCUT2D eigenvalue weighted by Gasteiger charge is 2.39. The summed E-state index contributed by atoms with van der Waals surface area (Å²) in [6, 6.07) is 3.67. The molecule has 2 aromatic rings. The van der Waals surface area contributed by atoms with E-state index in [2.05, 4.69) is 20.6 Å². The Morgan fingerprint density at radius 2 is 1.92 bits per heavy atom. The van der Waals surface area contributed by atoms with E-state index in [1.165, 1.54) is 11.8 Å². The summed E-state index contributed by atoms with van der Waals surface area (Å²) in [6.45, 7) is 2.07. The molecule has 1 saturated heterocycles. The quantitative estimate of drug-likeness (QED) is 0.104. The van der Waals surface area contributed by atoms with E-state index in [0.29, 0.717) is 25.8 Å². The minimum absolute atomic E-state index is 0.0730. The van der Waals surface area contributed by atoms with E-state index in [9.17, 15) is 24.3 Å². The fourth-order valence-electron chi connectivity index (χ4n) is 4.56. The zero-order chi connectivity index (χ0) is 27.8. The molecule has 206 valence electrons. The van der Waals surface area contributed by atoms with Gasteiger partial charge in [-0.3, -0.25) is 19.4 Å². The van der Waals surface area contributed by atoms with Crippen LogP contribution in [-0.2, 0) is 25.6 Å². The Morgan fingerprint density at radius 3 is 2.61 bits per heavy atom. The van der Waals surface area contributed by atoms with Gasteiger partial charge in [0.25, 0.3) is 0 Å². The van der Waals surface area contributed by atoms with Crippen LogP contribution in [0.3, 0.4) is 0 Å². The van der Waals surface area contributed by atoms with Gasteiger partial charge in [-0.05, 0) is 44.2 Å². The lowest BCUT2D eigenvalue weighted by atomic mass is 10.0. The fraction of sp³-hybridized carbons (Fsp3) is 0.480. The summed E-state index contributed by atoms with van der Waals surface area (Å²) in [5.74, 6) is -2.76. The van der Waals surface area contributed by atoms with Crippen molar-refractivity contribution < 1.29 is 24.3 Å². The molecule has 0 radical (unpaired) electrons. The van der Waals surface area contributed by atoms with Crippen molar-refractivity contribution >= 4 is 40.6 Å². The van der Waals surface area contributed by atoms with E-state index in [-0.39, 0.29) is 25.3 Å². The standard InChI is InChI=1S/C25H36N8O5/c1-14(26)21(34)31-18(8-4-10-29-25(27)28)23(36)33-11-5-9-20(33)22(35)32-19(24(37)38)12-15-13-30-17-7-3-2-6-16(15)17/h2-3,6-7,13-14,18-20,30H,4-5,8-12,26H2,1H3,(H,31,34)(H,32,35)(H,37,38)(H4,27,28,29). The van der Waals surface area contributed by atoms with E-state index in [4.69, 9.17) is 17.2 Å². The zero-order valence-electron chi connectivity index (χ0n) is 21.4. The second-order valence-electron chi connectivity index (χ2n) is 9.45. The lowest BCUT2D eigenvalue weighted by molar-refractivity contribution is -0.145. The largest absolute Gasteiger partial charge is 0.480 e. The van der Waals surface area contributed by atoms with Crippen LogP contribution in [0.5, 0.6) is 0 Å². The van der Waals surface area contributed by atoms with Gasteiger partial charge in [0.1, 0.15) is 18.1 Å². The Kier molecular flexibility index (Phi) is 9.66. The lowest BCUT2D eigenvalue weighted by Gasteiger charge is -2.29. The van der Waals surface area contributed by atoms with Crippen LogP contribution < -0.4 is 27.8 Å². The summed E-state index contributed by atoms with van der Waals surface area (Å²) in [5.41, 5.74) is 18.0. The van der Waals surface area contributed by atoms with Gasteiger partial charge in [0, 0.05) is 36.6 Å². The molecule has 1 aromatic heterocycles. The first-order chi connectivity index (χ1) is 18.1. The second-order valence-corrected chi connectivity index (χ2v) is 9.45. The maximum Gasteiger partial charge on any atom is 0.326 e. The van der Waals surface area contributed by atoms with Crippen LogP contribution >= 0.6 is 0 Å². The Bertz CT molecular complexity index is 1190. The lowest BCUT2D eigenvalue weighted by Crippen LogP contribution is -2.56. The third-order valence-electron chi connectivity index (χ3n) is 6.53. The van der Waals surface area contributed by atoms with E-state index in [1.54, 1.807) is 6.20 Å². The van der Waals surface area contributed by atoms with Crippen molar-refractivity contribution in [2.75, 3.05) is 13.1 Å². The average molecular weight is 529 g/mol. The maximum atomic E-state index is 13.5. The molecule has 38 heavy (non-hydrogen) atoms. The van der Waals surface area contributed by atoms with Gasteiger partial charge in [0.2, 0.25) is 17.7 Å². The molecule has 0 spiro atoms. The van der Waals surface area contributed by atoms with E-state index < -0.39 is 47.9 Å². The molecule has 1 aromatic carbocycles. The smallest absolute Gasteiger partial charge is 0.326 e. The summed E-state index contributed by atoms with van der Waals surface area (Å²) in [4.78, 5) is 59.4. The predicted octanol–water partition coefficient (Wildman–Crippen LogP) is -0.844. The van der Waals surface area contributed by atoms with E-state index in [1.807, 2.05) is 24.3 Å². The number of hydrogen-bond donors (Lipinski definition) is 7. The molecular weight excluding hydrogens is 492 g/mol. The highest BCUT2D eigenvalue weighted by atomic mass is 16.4. The van der Waals surface area contributed by atoms with E-state index in [0.717, 1.165) is 16.5 Å². The number of guanidine groups is 1. The minimum atomic E-state index is -1.19. The molecular formula is C25H36N8O5. The van der Waals surface area contributed by atoms with Crippen LogP contribution in [0.1, 0.15) is 38.2 Å². The number of nitrogens with zero attached hydrogens (tertiary/aromatic N) is 2. The molecule has 10 N–H and O–H groups in total. The number of nitrogens with one attached hydrogen (secondary N) is 3. The van der Waals surface area contributed by atoms with Crippen LogP contribution in [0, 0.1) is 0 Å². The minimum Gasteiger partial charge on any atom is -0.480 e. The molecule has 0 saturated carbocycles. The van der Waals surface area contributed by atoms with Crippen LogP contribution in [0.2, 0.25) is 0 Å². The third-order valence-corrected chi connectivity index (χ3v) is 6.53. The van der Waals surface area contributed by atoms with Crippen molar-refractivity contribution in [3.8, 4) is 0 Å². The number of aliphatic carboxylic acids is 1. The van der Waals surface area contributed by atoms with Gasteiger partial charge < -0.3 is 42.8 Å². The first kappa shape index (κ1) is 28.4. The van der Waals surface area contributed by atoms with Gasteiger partial charge >= 0.3 is 5.97 Å². The SMILES string of the molecule is CC(N)C(=O)NC(CCCN=C(N)N)C(=O)N1CCCC1C(=O)NC(Cc1c[nH]c2ccccc12)C(=O)O. The van der Waals surface area contributed by atoms with Gasteiger partial charge in [-0.25, -0.2) is 4.79 Å². The van der Waals surface area contributed by atoms with Crippen molar-refractivity contribution in [2.45, 2.75) is 63.2 Å². The number of aromatic amines is 1. The predicted molar refractivity (Wildman–Crippen MR) is 142 cm³/mol. The number of nitrogens with two attached hydrogens (primary N) is 3. The number of carboxylic acids is 1. The summed E-state index contributed by atoms with van der Waals surface area (Å²) in [5, 5.41) is 16.0. The first-order valence-corrected chi connectivity index (χ1v) is 12.6. The summed E-state index contributed by atoms with van der Waals surface area (Å²) < 4.78 is 0. The molecule has 13 nitrogen and oxygen atoms in total. The van der Waals surface area contributed by atoms with Crippen LogP contribution in [0.4, 0.5) is 0 Å². The number of likely N-dealkylation sites (tertiary alicyclic amines) is 1. The van der Waals surface area contributed by atoms with Crippen molar-refractivity contribution in [1.82, 2.24) is 20.5 Å². The number of rotatable bonds is 12. The number of aliphatic imine (C=N–C) groups is 1. The Morgan fingerprint density at radius 1 is 1.18 bits per heavy atom. The summed E-state index contributed by atoms with van der Waals surface area (Å²) in [7, 11) is 0. The van der Waals surface area contributed by atoms with Gasteiger partial charge in [0.05, 0.1) is 6.04 Å². The van der Waals surface area contributed by atoms with Gasteiger partial charge in [-0.2, -0.15) is 0 Å². The molecule has 3 rings (SSSR count). The summed E-state index contributed by atoms with van der Waals surface area (Å²) >= 11 is 0. The van der Waals surface area contributed by atoms with E-state index >= 15 is 0 Å². The topological polar surface area (TPSA) is 222 Å². The number of hydrogen-bond acceptors (Lipinski definition) is 6. The molecule has 1 aliphatic heterocycles.